The molecule has 92 valence electrons. The summed E-state index contributed by atoms with van der Waals surface area (Å²) in [7, 11) is 0. The van der Waals surface area contributed by atoms with Crippen molar-refractivity contribution in [1.82, 2.24) is 15.1 Å². The molecule has 0 aromatic heterocycles. The minimum atomic E-state index is 0.151. The molecule has 0 aromatic carbocycles. The smallest absolute Gasteiger partial charge is 0.240 e. The lowest BCUT2D eigenvalue weighted by molar-refractivity contribution is -0.142. The molecule has 2 rings (SSSR count). The van der Waals surface area contributed by atoms with Gasteiger partial charge in [0.25, 0.3) is 0 Å². The van der Waals surface area contributed by atoms with Crippen molar-refractivity contribution in [2.75, 3.05) is 32.7 Å². The van der Waals surface area contributed by atoms with E-state index in [1.807, 2.05) is 4.90 Å². The van der Waals surface area contributed by atoms with Crippen LogP contribution in [0.3, 0.4) is 0 Å². The SMILES string of the molecule is CC(C)N1CCC[C@@H](N2CCNCC2)C1=O. The first-order valence-corrected chi connectivity index (χ1v) is 6.45. The lowest BCUT2D eigenvalue weighted by Gasteiger charge is -2.41. The number of nitrogens with zero attached hydrogens (tertiary/aromatic N) is 2. The van der Waals surface area contributed by atoms with E-state index in [0.717, 1.165) is 45.6 Å². The normalized spacial score (nSPS) is 28.8. The topological polar surface area (TPSA) is 35.6 Å². The molecule has 0 unspecified atom stereocenters. The zero-order chi connectivity index (χ0) is 11.5. The summed E-state index contributed by atoms with van der Waals surface area (Å²) in [6.07, 6.45) is 2.20. The van der Waals surface area contributed by atoms with Crippen LogP contribution in [0.1, 0.15) is 26.7 Å². The van der Waals surface area contributed by atoms with Crippen molar-refractivity contribution in [2.24, 2.45) is 0 Å². The summed E-state index contributed by atoms with van der Waals surface area (Å²) in [6.45, 7) is 9.23. The maximum atomic E-state index is 12.3. The van der Waals surface area contributed by atoms with Crippen LogP contribution in [-0.2, 0) is 4.79 Å². The lowest BCUT2D eigenvalue weighted by atomic mass is 10.0. The van der Waals surface area contributed by atoms with Gasteiger partial charge in [-0.2, -0.15) is 0 Å². The Morgan fingerprint density at radius 1 is 1.25 bits per heavy atom. The summed E-state index contributed by atoms with van der Waals surface area (Å²) in [5.41, 5.74) is 0. The standard InChI is InChI=1S/C12H23N3O/c1-10(2)15-7-3-4-11(12(15)16)14-8-5-13-6-9-14/h10-11,13H,3-9H2,1-2H3/t11-/m1/s1. The van der Waals surface area contributed by atoms with Gasteiger partial charge >= 0.3 is 0 Å². The Kier molecular flexibility index (Phi) is 3.82. The molecule has 1 N–H and O–H groups in total. The van der Waals surface area contributed by atoms with Gasteiger partial charge in [-0.15, -0.1) is 0 Å². The number of likely N-dealkylation sites (tertiary alicyclic amines) is 1. The summed E-state index contributed by atoms with van der Waals surface area (Å²) in [5, 5.41) is 3.34. The maximum absolute atomic E-state index is 12.3. The van der Waals surface area contributed by atoms with Crippen LogP contribution in [0, 0.1) is 0 Å². The summed E-state index contributed by atoms with van der Waals surface area (Å²) >= 11 is 0. The van der Waals surface area contributed by atoms with Gasteiger partial charge in [0.15, 0.2) is 0 Å². The van der Waals surface area contributed by atoms with E-state index in [-0.39, 0.29) is 6.04 Å². The van der Waals surface area contributed by atoms with Crippen LogP contribution in [-0.4, -0.2) is 60.5 Å². The molecular formula is C12H23N3O. The highest BCUT2D eigenvalue weighted by atomic mass is 16.2. The monoisotopic (exact) mass is 225 g/mol. The Morgan fingerprint density at radius 3 is 2.56 bits per heavy atom. The van der Waals surface area contributed by atoms with Crippen molar-refractivity contribution in [3.63, 3.8) is 0 Å². The highest BCUT2D eigenvalue weighted by Gasteiger charge is 2.34. The Morgan fingerprint density at radius 2 is 1.94 bits per heavy atom. The van der Waals surface area contributed by atoms with Gasteiger partial charge < -0.3 is 10.2 Å². The molecule has 2 fully saturated rings. The largest absolute Gasteiger partial charge is 0.339 e. The van der Waals surface area contributed by atoms with E-state index in [1.165, 1.54) is 0 Å². The van der Waals surface area contributed by atoms with Gasteiger partial charge in [-0.1, -0.05) is 0 Å². The molecule has 0 saturated carbocycles. The lowest BCUT2D eigenvalue weighted by Crippen LogP contribution is -2.58. The molecule has 2 heterocycles. The van der Waals surface area contributed by atoms with Gasteiger partial charge in [-0.3, -0.25) is 9.69 Å². The van der Waals surface area contributed by atoms with Crippen LogP contribution in [0.2, 0.25) is 0 Å². The summed E-state index contributed by atoms with van der Waals surface area (Å²) < 4.78 is 0. The van der Waals surface area contributed by atoms with Crippen LogP contribution in [0.15, 0.2) is 0 Å². The average Bonchev–Trinajstić information content (AvgIpc) is 2.30. The molecule has 2 aliphatic rings. The minimum Gasteiger partial charge on any atom is -0.339 e. The predicted octanol–water partition coefficient (Wildman–Crippen LogP) is 0.291. The van der Waals surface area contributed by atoms with Crippen molar-refractivity contribution in [3.05, 3.63) is 0 Å². The number of piperidine rings is 1. The third kappa shape index (κ3) is 2.38. The van der Waals surface area contributed by atoms with Crippen LogP contribution in [0.4, 0.5) is 0 Å². The van der Waals surface area contributed by atoms with Gasteiger partial charge in [0, 0.05) is 38.8 Å². The fourth-order valence-electron chi connectivity index (χ4n) is 2.73. The molecular weight excluding hydrogens is 202 g/mol. The number of carbonyl (C=O) groups excluding carboxylic acids is 1. The molecule has 4 heteroatoms. The average molecular weight is 225 g/mol. The molecule has 1 atom stereocenters. The molecule has 16 heavy (non-hydrogen) atoms. The molecule has 0 aromatic rings. The minimum absolute atomic E-state index is 0.151. The number of hydrogen-bond donors (Lipinski definition) is 1. The number of piperazine rings is 1. The molecule has 0 bridgehead atoms. The van der Waals surface area contributed by atoms with Gasteiger partial charge in [0.1, 0.15) is 0 Å². The van der Waals surface area contributed by atoms with E-state index in [1.54, 1.807) is 0 Å². The summed E-state index contributed by atoms with van der Waals surface area (Å²) in [5.74, 6) is 0.350. The van der Waals surface area contributed by atoms with Crippen molar-refractivity contribution < 1.29 is 4.79 Å². The third-order valence-corrected chi connectivity index (χ3v) is 3.66. The highest BCUT2D eigenvalue weighted by Crippen LogP contribution is 2.19. The zero-order valence-corrected chi connectivity index (χ0v) is 10.4. The van der Waals surface area contributed by atoms with Crippen molar-refractivity contribution in [2.45, 2.75) is 38.8 Å². The fourth-order valence-corrected chi connectivity index (χ4v) is 2.73. The first-order chi connectivity index (χ1) is 7.70. The van der Waals surface area contributed by atoms with E-state index < -0.39 is 0 Å². The Labute approximate surface area is 98.0 Å². The second-order valence-corrected chi connectivity index (χ2v) is 5.07. The number of carbonyl (C=O) groups is 1. The van der Waals surface area contributed by atoms with Crippen LogP contribution in [0.25, 0.3) is 0 Å². The molecule has 0 aliphatic carbocycles. The first-order valence-electron chi connectivity index (χ1n) is 6.45. The number of hydrogen-bond acceptors (Lipinski definition) is 3. The second-order valence-electron chi connectivity index (χ2n) is 5.07. The Hall–Kier alpha value is -0.610. The van der Waals surface area contributed by atoms with Gasteiger partial charge in [0.05, 0.1) is 6.04 Å². The molecule has 0 spiro atoms. The molecule has 4 nitrogen and oxygen atoms in total. The van der Waals surface area contributed by atoms with Crippen LogP contribution in [0.5, 0.6) is 0 Å². The van der Waals surface area contributed by atoms with Gasteiger partial charge in [-0.05, 0) is 26.7 Å². The van der Waals surface area contributed by atoms with Crippen molar-refractivity contribution in [3.8, 4) is 0 Å². The predicted molar refractivity (Wildman–Crippen MR) is 64.3 cm³/mol. The third-order valence-electron chi connectivity index (χ3n) is 3.66. The van der Waals surface area contributed by atoms with E-state index in [9.17, 15) is 4.79 Å². The van der Waals surface area contributed by atoms with E-state index >= 15 is 0 Å². The van der Waals surface area contributed by atoms with E-state index in [4.69, 9.17) is 0 Å². The van der Waals surface area contributed by atoms with Crippen molar-refractivity contribution >= 4 is 5.91 Å². The molecule has 2 aliphatic heterocycles. The van der Waals surface area contributed by atoms with E-state index in [0.29, 0.717) is 11.9 Å². The second kappa shape index (κ2) is 5.15. The fraction of sp³-hybridized carbons (Fsp3) is 0.917. The molecule has 1 amide bonds. The Bertz CT molecular complexity index is 249. The van der Waals surface area contributed by atoms with Crippen LogP contribution < -0.4 is 5.32 Å². The number of nitrogens with one attached hydrogen (secondary N) is 1. The summed E-state index contributed by atoms with van der Waals surface area (Å²) in [6, 6.07) is 0.497. The summed E-state index contributed by atoms with van der Waals surface area (Å²) in [4.78, 5) is 16.7. The quantitative estimate of drug-likeness (QED) is 0.734. The first kappa shape index (κ1) is 11.9. The van der Waals surface area contributed by atoms with Gasteiger partial charge in [-0.25, -0.2) is 0 Å². The zero-order valence-electron chi connectivity index (χ0n) is 10.4. The van der Waals surface area contributed by atoms with Crippen molar-refractivity contribution in [1.29, 1.82) is 0 Å². The number of amides is 1. The van der Waals surface area contributed by atoms with Gasteiger partial charge in [0.2, 0.25) is 5.91 Å². The van der Waals surface area contributed by atoms with E-state index in [2.05, 4.69) is 24.1 Å². The molecule has 2 saturated heterocycles. The van der Waals surface area contributed by atoms with Crippen LogP contribution >= 0.6 is 0 Å². The number of rotatable bonds is 2. The Balaban J connectivity index is 2.00. The maximum Gasteiger partial charge on any atom is 0.240 e. The highest BCUT2D eigenvalue weighted by molar-refractivity contribution is 5.82. The molecule has 0 radical (unpaired) electrons.